The maximum absolute atomic E-state index is 5.70. The molecule has 0 atom stereocenters. The number of rotatable bonds is 0. The summed E-state index contributed by atoms with van der Waals surface area (Å²) >= 11 is 5.70. The Morgan fingerprint density at radius 2 is 2.09 bits per heavy atom. The van der Waals surface area contributed by atoms with Crippen LogP contribution < -0.4 is 0 Å². The van der Waals surface area contributed by atoms with Crippen molar-refractivity contribution in [3.63, 3.8) is 0 Å². The molecule has 0 fully saturated rings. The average Bonchev–Trinajstić information content (AvgIpc) is 2.04. The SMILES string of the molecule is Clc1[c]nc2ccccc2c1. The Kier molecular flexibility index (Phi) is 1.51. The molecule has 2 aromatic rings. The molecule has 53 valence electrons. The van der Waals surface area contributed by atoms with Gasteiger partial charge in [-0.25, -0.2) is 4.98 Å². The fourth-order valence-corrected chi connectivity index (χ4v) is 1.15. The van der Waals surface area contributed by atoms with Crippen LogP contribution in [0, 0.1) is 6.20 Å². The molecule has 0 aliphatic rings. The number of fused-ring (bicyclic) bond motifs is 1. The fourth-order valence-electron chi connectivity index (χ4n) is 0.994. The van der Waals surface area contributed by atoms with Crippen molar-refractivity contribution in [2.75, 3.05) is 0 Å². The van der Waals surface area contributed by atoms with Crippen molar-refractivity contribution in [3.05, 3.63) is 41.6 Å². The number of halogens is 1. The zero-order chi connectivity index (χ0) is 7.68. The van der Waals surface area contributed by atoms with Crippen LogP contribution in [0.25, 0.3) is 10.9 Å². The highest BCUT2D eigenvalue weighted by Gasteiger charge is 1.93. The molecule has 1 aromatic heterocycles. The van der Waals surface area contributed by atoms with Crippen LogP contribution >= 0.6 is 11.6 Å². The Bertz CT molecular complexity index is 384. The lowest BCUT2D eigenvalue weighted by Crippen LogP contribution is -1.76. The van der Waals surface area contributed by atoms with Crippen LogP contribution in [0.1, 0.15) is 0 Å². The molecule has 0 saturated carbocycles. The number of hydrogen-bond acceptors (Lipinski definition) is 1. The smallest absolute Gasteiger partial charge is 0.109 e. The van der Waals surface area contributed by atoms with Crippen LogP contribution in [0.2, 0.25) is 5.02 Å². The molecule has 0 bridgehead atoms. The van der Waals surface area contributed by atoms with Gasteiger partial charge in [-0.15, -0.1) is 0 Å². The van der Waals surface area contributed by atoms with E-state index in [1.807, 2.05) is 30.3 Å². The van der Waals surface area contributed by atoms with E-state index < -0.39 is 0 Å². The maximum Gasteiger partial charge on any atom is 0.109 e. The third-order valence-corrected chi connectivity index (χ3v) is 1.70. The molecule has 11 heavy (non-hydrogen) atoms. The highest BCUT2D eigenvalue weighted by atomic mass is 35.5. The minimum atomic E-state index is 0.559. The normalized spacial score (nSPS) is 10.3. The highest BCUT2D eigenvalue weighted by Crippen LogP contribution is 2.14. The molecule has 2 heteroatoms. The standard InChI is InChI=1S/C9H5ClN/c10-8-5-7-3-1-2-4-9(7)11-6-8/h1-5H. The molecule has 0 aliphatic carbocycles. The van der Waals surface area contributed by atoms with Crippen LogP contribution in [-0.2, 0) is 0 Å². The molecule has 1 aromatic carbocycles. The van der Waals surface area contributed by atoms with Gasteiger partial charge in [0.05, 0.1) is 10.5 Å². The van der Waals surface area contributed by atoms with Crippen molar-refractivity contribution in [2.45, 2.75) is 0 Å². The van der Waals surface area contributed by atoms with Crippen molar-refractivity contribution >= 4 is 22.5 Å². The largest absolute Gasteiger partial charge is 0.245 e. The number of pyridine rings is 1. The Morgan fingerprint density at radius 1 is 1.27 bits per heavy atom. The van der Waals surface area contributed by atoms with Gasteiger partial charge in [-0.2, -0.15) is 0 Å². The molecule has 1 heterocycles. The Morgan fingerprint density at radius 3 is 3.00 bits per heavy atom. The molecular weight excluding hydrogens is 158 g/mol. The second-order valence-electron chi connectivity index (χ2n) is 2.27. The van der Waals surface area contributed by atoms with Crippen molar-refractivity contribution in [3.8, 4) is 0 Å². The zero-order valence-electron chi connectivity index (χ0n) is 5.71. The van der Waals surface area contributed by atoms with E-state index in [9.17, 15) is 0 Å². The molecule has 2 rings (SSSR count). The monoisotopic (exact) mass is 162 g/mol. The third-order valence-electron chi connectivity index (χ3n) is 1.50. The van der Waals surface area contributed by atoms with Crippen molar-refractivity contribution in [2.24, 2.45) is 0 Å². The summed E-state index contributed by atoms with van der Waals surface area (Å²) in [4.78, 5) is 4.02. The topological polar surface area (TPSA) is 12.9 Å². The quantitative estimate of drug-likeness (QED) is 0.581. The van der Waals surface area contributed by atoms with Gasteiger partial charge in [0.25, 0.3) is 0 Å². The van der Waals surface area contributed by atoms with Gasteiger partial charge < -0.3 is 0 Å². The van der Waals surface area contributed by atoms with E-state index in [2.05, 4.69) is 11.2 Å². The number of para-hydroxylation sites is 1. The van der Waals surface area contributed by atoms with Crippen molar-refractivity contribution in [1.82, 2.24) is 4.98 Å². The summed E-state index contributed by atoms with van der Waals surface area (Å²) in [7, 11) is 0. The van der Waals surface area contributed by atoms with Crippen molar-refractivity contribution < 1.29 is 0 Å². The first-order chi connectivity index (χ1) is 5.36. The summed E-state index contributed by atoms with van der Waals surface area (Å²) in [6, 6.07) is 9.66. The van der Waals surface area contributed by atoms with Crippen LogP contribution in [0.4, 0.5) is 0 Å². The summed E-state index contributed by atoms with van der Waals surface area (Å²) in [6.45, 7) is 0. The summed E-state index contributed by atoms with van der Waals surface area (Å²) in [5, 5.41) is 1.61. The zero-order valence-corrected chi connectivity index (χ0v) is 6.47. The van der Waals surface area contributed by atoms with Gasteiger partial charge in [0.2, 0.25) is 0 Å². The van der Waals surface area contributed by atoms with Gasteiger partial charge in [-0.1, -0.05) is 29.8 Å². The van der Waals surface area contributed by atoms with Gasteiger partial charge in [-0.05, 0) is 12.1 Å². The van der Waals surface area contributed by atoms with Gasteiger partial charge >= 0.3 is 0 Å². The lowest BCUT2D eigenvalue weighted by Gasteiger charge is -1.93. The molecule has 0 amide bonds. The predicted molar refractivity (Wildman–Crippen MR) is 45.6 cm³/mol. The summed E-state index contributed by atoms with van der Waals surface area (Å²) in [5.74, 6) is 0. The van der Waals surface area contributed by atoms with Gasteiger partial charge in [0, 0.05) is 5.39 Å². The van der Waals surface area contributed by atoms with E-state index in [1.54, 1.807) is 0 Å². The van der Waals surface area contributed by atoms with E-state index in [-0.39, 0.29) is 0 Å². The summed E-state index contributed by atoms with van der Waals surface area (Å²) < 4.78 is 0. The van der Waals surface area contributed by atoms with E-state index in [4.69, 9.17) is 11.6 Å². The third kappa shape index (κ3) is 1.19. The highest BCUT2D eigenvalue weighted by molar-refractivity contribution is 6.30. The first-order valence-corrected chi connectivity index (χ1v) is 3.67. The average molecular weight is 163 g/mol. The Hall–Kier alpha value is -1.08. The molecule has 1 radical (unpaired) electrons. The van der Waals surface area contributed by atoms with E-state index in [0.29, 0.717) is 5.02 Å². The molecule has 0 spiro atoms. The van der Waals surface area contributed by atoms with Crippen LogP contribution in [0.15, 0.2) is 30.3 Å². The van der Waals surface area contributed by atoms with Gasteiger partial charge in [0.1, 0.15) is 6.20 Å². The molecule has 1 nitrogen and oxygen atoms in total. The second-order valence-corrected chi connectivity index (χ2v) is 2.68. The Balaban J connectivity index is 2.83. The predicted octanol–water partition coefficient (Wildman–Crippen LogP) is 2.69. The van der Waals surface area contributed by atoms with E-state index in [0.717, 1.165) is 10.9 Å². The van der Waals surface area contributed by atoms with Crippen molar-refractivity contribution in [1.29, 1.82) is 0 Å². The minimum Gasteiger partial charge on any atom is -0.245 e. The first-order valence-electron chi connectivity index (χ1n) is 3.29. The fraction of sp³-hybridized carbons (Fsp3) is 0. The first kappa shape index (κ1) is 6.62. The molecule has 0 N–H and O–H groups in total. The molecule has 0 saturated heterocycles. The van der Waals surface area contributed by atoms with E-state index >= 15 is 0 Å². The van der Waals surface area contributed by atoms with Gasteiger partial charge in [0.15, 0.2) is 0 Å². The van der Waals surface area contributed by atoms with Crippen LogP contribution in [-0.4, -0.2) is 4.98 Å². The Labute approximate surface area is 69.6 Å². The van der Waals surface area contributed by atoms with Crippen LogP contribution in [0.5, 0.6) is 0 Å². The minimum absolute atomic E-state index is 0.559. The summed E-state index contributed by atoms with van der Waals surface area (Å²) in [6.07, 6.45) is 2.69. The second kappa shape index (κ2) is 2.51. The number of aromatic nitrogens is 1. The number of nitrogens with zero attached hydrogens (tertiary/aromatic N) is 1. The number of hydrogen-bond donors (Lipinski definition) is 0. The molecule has 0 unspecified atom stereocenters. The number of benzene rings is 1. The maximum atomic E-state index is 5.70. The van der Waals surface area contributed by atoms with Crippen LogP contribution in [0.3, 0.4) is 0 Å². The molecule has 0 aliphatic heterocycles. The van der Waals surface area contributed by atoms with E-state index in [1.165, 1.54) is 0 Å². The lowest BCUT2D eigenvalue weighted by molar-refractivity contribution is 1.39. The summed E-state index contributed by atoms with van der Waals surface area (Å²) in [5.41, 5.74) is 0.928. The molecular formula is C9H5ClN. The van der Waals surface area contributed by atoms with Gasteiger partial charge in [-0.3, -0.25) is 0 Å². The lowest BCUT2D eigenvalue weighted by atomic mass is 10.2.